The molecular weight excluding hydrogens is 370 g/mol. The summed E-state index contributed by atoms with van der Waals surface area (Å²) in [6.07, 6.45) is 2.74. The van der Waals surface area contributed by atoms with Gasteiger partial charge in [0.25, 0.3) is 10.9 Å². The van der Waals surface area contributed by atoms with E-state index in [0.29, 0.717) is 43.9 Å². The third-order valence-electron chi connectivity index (χ3n) is 5.45. The summed E-state index contributed by atoms with van der Waals surface area (Å²) in [6, 6.07) is 10.2. The van der Waals surface area contributed by atoms with Gasteiger partial charge in [-0.05, 0) is 38.2 Å². The molecule has 3 rings (SSSR count). The zero-order chi connectivity index (χ0) is 20.8. The lowest BCUT2D eigenvalue weighted by molar-refractivity contribution is 0.0983. The molecule has 1 heterocycles. The summed E-state index contributed by atoms with van der Waals surface area (Å²) in [4.78, 5) is 37.8. The number of nitrogens with one attached hydrogen (secondary N) is 2. The Hall–Kier alpha value is -2.83. The second kappa shape index (κ2) is 9.58. The lowest BCUT2D eigenvalue weighted by Crippen LogP contribution is -2.46. The number of hydrogen-bond acceptors (Lipinski definition) is 6. The van der Waals surface area contributed by atoms with Gasteiger partial charge in [0.2, 0.25) is 0 Å². The number of hydrogen-bond donors (Lipinski definition) is 2. The highest BCUT2D eigenvalue weighted by Crippen LogP contribution is 2.22. The molecule has 156 valence electrons. The van der Waals surface area contributed by atoms with Crippen LogP contribution in [0.15, 0.2) is 39.9 Å². The predicted octanol–water partition coefficient (Wildman–Crippen LogP) is 2.75. The van der Waals surface area contributed by atoms with Gasteiger partial charge in [-0.2, -0.15) is 0 Å². The number of nitrogens with zero attached hydrogens (tertiary/aromatic N) is 1. The molecule has 1 fully saturated rings. The molecule has 0 spiro atoms. The van der Waals surface area contributed by atoms with Crippen LogP contribution in [0.4, 0.5) is 16.2 Å². The van der Waals surface area contributed by atoms with Gasteiger partial charge >= 0.3 is 6.09 Å². The maximum atomic E-state index is 12.2. The van der Waals surface area contributed by atoms with Crippen molar-refractivity contribution in [2.45, 2.75) is 51.6 Å². The highest BCUT2D eigenvalue weighted by molar-refractivity contribution is 5.74. The van der Waals surface area contributed by atoms with Gasteiger partial charge < -0.3 is 20.3 Å². The van der Waals surface area contributed by atoms with Crippen LogP contribution in [0.3, 0.4) is 0 Å². The highest BCUT2D eigenvalue weighted by Gasteiger charge is 2.28. The molecular formula is C22H29N3O4. The predicted molar refractivity (Wildman–Crippen MR) is 114 cm³/mol. The van der Waals surface area contributed by atoms with Crippen molar-refractivity contribution in [3.05, 3.63) is 56.3 Å². The van der Waals surface area contributed by atoms with Crippen molar-refractivity contribution in [1.82, 2.24) is 4.90 Å². The van der Waals surface area contributed by atoms with Crippen LogP contribution >= 0.6 is 0 Å². The number of ether oxygens (including phenoxy) is 1. The third-order valence-corrected chi connectivity index (χ3v) is 5.45. The average molecular weight is 399 g/mol. The quantitative estimate of drug-likeness (QED) is 0.664. The SMILES string of the molecule is CCOC(=O)N1CCC(Nc2c(N[C@@H](CC)Cc3ccccc3)c(=O)c2=O)CC1. The maximum Gasteiger partial charge on any atom is 0.409 e. The van der Waals surface area contributed by atoms with Gasteiger partial charge in [-0.3, -0.25) is 9.59 Å². The van der Waals surface area contributed by atoms with E-state index in [9.17, 15) is 14.4 Å². The summed E-state index contributed by atoms with van der Waals surface area (Å²) in [7, 11) is 0. The summed E-state index contributed by atoms with van der Waals surface area (Å²) < 4.78 is 5.03. The van der Waals surface area contributed by atoms with E-state index >= 15 is 0 Å². The van der Waals surface area contributed by atoms with E-state index in [4.69, 9.17) is 4.74 Å². The molecule has 0 bridgehead atoms. The first-order valence-electron chi connectivity index (χ1n) is 10.4. The molecule has 2 aromatic rings. The van der Waals surface area contributed by atoms with Crippen LogP contribution in [0, 0.1) is 0 Å². The molecule has 0 radical (unpaired) electrons. The van der Waals surface area contributed by atoms with Crippen molar-refractivity contribution >= 4 is 17.5 Å². The van der Waals surface area contributed by atoms with Crippen molar-refractivity contribution in [3.8, 4) is 0 Å². The third kappa shape index (κ3) is 4.96. The molecule has 0 aliphatic carbocycles. The highest BCUT2D eigenvalue weighted by atomic mass is 16.6. The normalized spacial score (nSPS) is 15.9. The van der Waals surface area contributed by atoms with Gasteiger partial charge in [-0.1, -0.05) is 37.3 Å². The van der Waals surface area contributed by atoms with Crippen molar-refractivity contribution in [3.63, 3.8) is 0 Å². The fourth-order valence-corrected chi connectivity index (χ4v) is 3.69. The van der Waals surface area contributed by atoms with Crippen molar-refractivity contribution in [2.75, 3.05) is 30.3 Å². The van der Waals surface area contributed by atoms with Gasteiger partial charge in [0.15, 0.2) is 0 Å². The molecule has 7 nitrogen and oxygen atoms in total. The molecule has 0 unspecified atom stereocenters. The minimum atomic E-state index is -0.463. The number of likely N-dealkylation sites (tertiary alicyclic amines) is 1. The van der Waals surface area contributed by atoms with E-state index in [1.165, 1.54) is 5.56 Å². The van der Waals surface area contributed by atoms with E-state index in [2.05, 4.69) is 29.7 Å². The summed E-state index contributed by atoms with van der Waals surface area (Å²) in [5, 5.41) is 6.52. The Kier molecular flexibility index (Phi) is 6.90. The number of benzene rings is 1. The van der Waals surface area contributed by atoms with Crippen molar-refractivity contribution in [2.24, 2.45) is 0 Å². The molecule has 7 heteroatoms. The molecule has 1 amide bonds. The molecule has 0 saturated carbocycles. The molecule has 1 aliphatic heterocycles. The van der Waals surface area contributed by atoms with Crippen LogP contribution in [0.25, 0.3) is 0 Å². The number of anilines is 2. The minimum absolute atomic E-state index is 0.0544. The lowest BCUT2D eigenvalue weighted by atomic mass is 10.0. The average Bonchev–Trinajstić information content (AvgIpc) is 2.76. The lowest BCUT2D eigenvalue weighted by Gasteiger charge is -2.33. The van der Waals surface area contributed by atoms with Gasteiger partial charge in [-0.15, -0.1) is 0 Å². The van der Waals surface area contributed by atoms with Crippen LogP contribution in [-0.4, -0.2) is 42.8 Å². The van der Waals surface area contributed by atoms with Gasteiger partial charge in [0, 0.05) is 25.2 Å². The number of piperidine rings is 1. The van der Waals surface area contributed by atoms with Crippen molar-refractivity contribution in [1.29, 1.82) is 0 Å². The first-order chi connectivity index (χ1) is 14.0. The van der Waals surface area contributed by atoms with E-state index in [0.717, 1.165) is 12.8 Å². The Balaban J connectivity index is 1.59. The van der Waals surface area contributed by atoms with E-state index in [1.54, 1.807) is 11.8 Å². The zero-order valence-corrected chi connectivity index (χ0v) is 17.1. The summed E-state index contributed by atoms with van der Waals surface area (Å²) in [6.45, 7) is 5.34. The summed E-state index contributed by atoms with van der Waals surface area (Å²) in [5.74, 6) is 0. The molecule has 1 saturated heterocycles. The van der Waals surface area contributed by atoms with Gasteiger partial charge in [0.05, 0.1) is 6.61 Å². The Morgan fingerprint density at radius 2 is 1.76 bits per heavy atom. The topological polar surface area (TPSA) is 87.7 Å². The molecule has 29 heavy (non-hydrogen) atoms. The second-order valence-electron chi connectivity index (χ2n) is 7.45. The first kappa shape index (κ1) is 20.9. The number of carbonyl (C=O) groups is 1. The maximum absolute atomic E-state index is 12.2. The van der Waals surface area contributed by atoms with E-state index in [1.807, 2.05) is 18.2 Å². The minimum Gasteiger partial charge on any atom is -0.450 e. The Morgan fingerprint density at radius 3 is 2.38 bits per heavy atom. The van der Waals surface area contributed by atoms with Crippen LogP contribution in [-0.2, 0) is 11.2 Å². The number of amides is 1. The molecule has 2 N–H and O–H groups in total. The van der Waals surface area contributed by atoms with E-state index < -0.39 is 10.9 Å². The fraction of sp³-hybridized carbons (Fsp3) is 0.500. The molecule has 1 aliphatic rings. The Labute approximate surface area is 170 Å². The van der Waals surface area contributed by atoms with E-state index in [-0.39, 0.29) is 18.2 Å². The molecule has 0 aromatic heterocycles. The molecule has 2 aromatic carbocycles. The van der Waals surface area contributed by atoms with Crippen molar-refractivity contribution < 1.29 is 9.53 Å². The largest absolute Gasteiger partial charge is 0.450 e. The number of rotatable bonds is 8. The first-order valence-corrected chi connectivity index (χ1v) is 10.4. The van der Waals surface area contributed by atoms with Crippen LogP contribution in [0.1, 0.15) is 38.7 Å². The van der Waals surface area contributed by atoms with Gasteiger partial charge in [-0.25, -0.2) is 4.79 Å². The second-order valence-corrected chi connectivity index (χ2v) is 7.45. The standard InChI is InChI=1S/C22H29N3O4/c1-3-16(14-15-8-6-5-7-9-15)23-18-19(21(27)20(18)26)24-17-10-12-25(13-11-17)22(28)29-4-2/h5-9,16-17,23-24H,3-4,10-14H2,1-2H3/t16-/m0/s1. The Morgan fingerprint density at radius 1 is 1.10 bits per heavy atom. The molecule has 1 atom stereocenters. The summed E-state index contributed by atoms with van der Waals surface area (Å²) in [5.41, 5.74) is 1.05. The smallest absolute Gasteiger partial charge is 0.409 e. The summed E-state index contributed by atoms with van der Waals surface area (Å²) >= 11 is 0. The number of carbonyl (C=O) groups excluding carboxylic acids is 1. The zero-order valence-electron chi connectivity index (χ0n) is 17.1. The van der Waals surface area contributed by atoms with Crippen LogP contribution in [0.2, 0.25) is 0 Å². The monoisotopic (exact) mass is 399 g/mol. The fourth-order valence-electron chi connectivity index (χ4n) is 3.69. The van der Waals surface area contributed by atoms with Crippen LogP contribution < -0.4 is 21.5 Å². The van der Waals surface area contributed by atoms with Crippen LogP contribution in [0.5, 0.6) is 0 Å². The Bertz CT molecular complexity index is 881. The van der Waals surface area contributed by atoms with Gasteiger partial charge in [0.1, 0.15) is 11.4 Å².